The maximum atomic E-state index is 12.0. The number of aromatic nitrogens is 1. The lowest BCUT2D eigenvalue weighted by molar-refractivity contribution is -0.384. The van der Waals surface area contributed by atoms with Crippen LogP contribution in [0.15, 0.2) is 54.7 Å². The Balaban J connectivity index is 1.88. The van der Waals surface area contributed by atoms with Gasteiger partial charge in [-0.15, -0.1) is 0 Å². The van der Waals surface area contributed by atoms with Crippen molar-refractivity contribution in [3.8, 4) is 0 Å². The fraction of sp³-hybridized carbons (Fsp3) is 0.176. The summed E-state index contributed by atoms with van der Waals surface area (Å²) in [6.45, 7) is 0.570. The molecule has 0 saturated heterocycles. The Bertz CT molecular complexity index is 697. The molecule has 0 spiro atoms. The van der Waals surface area contributed by atoms with Crippen LogP contribution in [-0.2, 0) is 11.2 Å². The predicted octanol–water partition coefficient (Wildman–Crippen LogP) is 2.70. The van der Waals surface area contributed by atoms with Gasteiger partial charge >= 0.3 is 0 Å². The highest BCUT2D eigenvalue weighted by atomic mass is 16.6. The molecule has 1 amide bonds. The fourth-order valence-corrected chi connectivity index (χ4v) is 1.94. The van der Waals surface area contributed by atoms with Gasteiger partial charge in [0.1, 0.15) is 0 Å². The van der Waals surface area contributed by atoms with Crippen LogP contribution in [0.5, 0.6) is 0 Å². The second-order valence-corrected chi connectivity index (χ2v) is 5.01. The second-order valence-electron chi connectivity index (χ2n) is 5.01. The quantitative estimate of drug-likeness (QED) is 0.467. The molecule has 0 unspecified atom stereocenters. The first-order valence-corrected chi connectivity index (χ1v) is 7.14. The van der Waals surface area contributed by atoms with Crippen LogP contribution >= 0.6 is 0 Å². The first kappa shape index (κ1) is 16.4. The van der Waals surface area contributed by atoms with E-state index in [1.807, 2.05) is 18.2 Å². The molecule has 0 aliphatic carbocycles. The molecule has 0 saturated carbocycles. The van der Waals surface area contributed by atoms with Gasteiger partial charge < -0.3 is 4.90 Å². The Morgan fingerprint density at radius 3 is 2.61 bits per heavy atom. The van der Waals surface area contributed by atoms with E-state index in [1.54, 1.807) is 36.4 Å². The molecule has 23 heavy (non-hydrogen) atoms. The van der Waals surface area contributed by atoms with E-state index in [1.165, 1.54) is 18.2 Å². The number of hydrogen-bond donors (Lipinski definition) is 0. The molecule has 1 aromatic heterocycles. The summed E-state index contributed by atoms with van der Waals surface area (Å²) in [5.74, 6) is -0.126. The third-order valence-electron chi connectivity index (χ3n) is 3.33. The van der Waals surface area contributed by atoms with Crippen LogP contribution in [-0.4, -0.2) is 34.3 Å². The molecule has 1 heterocycles. The van der Waals surface area contributed by atoms with Gasteiger partial charge in [0.15, 0.2) is 0 Å². The van der Waals surface area contributed by atoms with Crippen LogP contribution < -0.4 is 0 Å². The lowest BCUT2D eigenvalue weighted by Crippen LogP contribution is -2.27. The SMILES string of the molecule is CN(CCc1ccccn1)C(=O)C=Cc1ccc([N+](=O)[O-])cc1. The van der Waals surface area contributed by atoms with Crippen molar-refractivity contribution < 1.29 is 9.72 Å². The van der Waals surface area contributed by atoms with E-state index in [0.29, 0.717) is 13.0 Å². The van der Waals surface area contributed by atoms with Crippen LogP contribution in [0, 0.1) is 10.1 Å². The van der Waals surface area contributed by atoms with Crippen molar-refractivity contribution in [3.63, 3.8) is 0 Å². The van der Waals surface area contributed by atoms with E-state index in [2.05, 4.69) is 4.98 Å². The average Bonchev–Trinajstić information content (AvgIpc) is 2.58. The Kier molecular flexibility index (Phi) is 5.57. The topological polar surface area (TPSA) is 76.3 Å². The van der Waals surface area contributed by atoms with Gasteiger partial charge in [0.05, 0.1) is 4.92 Å². The zero-order valence-electron chi connectivity index (χ0n) is 12.8. The minimum atomic E-state index is -0.454. The molecule has 2 aromatic rings. The second kappa shape index (κ2) is 7.84. The van der Waals surface area contributed by atoms with Gasteiger partial charge in [0, 0.05) is 50.1 Å². The largest absolute Gasteiger partial charge is 0.342 e. The zero-order chi connectivity index (χ0) is 16.7. The van der Waals surface area contributed by atoms with Crippen molar-refractivity contribution in [3.05, 3.63) is 76.1 Å². The predicted molar refractivity (Wildman–Crippen MR) is 87.7 cm³/mol. The third kappa shape index (κ3) is 5.03. The number of likely N-dealkylation sites (N-methyl/N-ethyl adjacent to an activating group) is 1. The first-order valence-electron chi connectivity index (χ1n) is 7.14. The lowest BCUT2D eigenvalue weighted by Gasteiger charge is -2.14. The van der Waals surface area contributed by atoms with Gasteiger partial charge in [0.2, 0.25) is 5.91 Å². The lowest BCUT2D eigenvalue weighted by atomic mass is 10.2. The Labute approximate surface area is 134 Å². The molecule has 2 rings (SSSR count). The van der Waals surface area contributed by atoms with Crippen LogP contribution in [0.3, 0.4) is 0 Å². The fourth-order valence-electron chi connectivity index (χ4n) is 1.94. The Morgan fingerprint density at radius 2 is 2.00 bits per heavy atom. The van der Waals surface area contributed by atoms with Gasteiger partial charge in [-0.3, -0.25) is 19.9 Å². The van der Waals surface area contributed by atoms with Crippen LogP contribution in [0.4, 0.5) is 5.69 Å². The highest BCUT2D eigenvalue weighted by Gasteiger charge is 2.06. The standard InChI is InChI=1S/C17H17N3O3/c1-19(13-11-15-4-2-3-12-18-15)17(21)10-7-14-5-8-16(9-6-14)20(22)23/h2-10,12H,11,13H2,1H3. The minimum absolute atomic E-state index is 0.0287. The number of amides is 1. The summed E-state index contributed by atoms with van der Waals surface area (Å²) in [7, 11) is 1.73. The highest BCUT2D eigenvalue weighted by molar-refractivity contribution is 5.91. The number of nitrogens with zero attached hydrogens (tertiary/aromatic N) is 3. The number of pyridine rings is 1. The third-order valence-corrected chi connectivity index (χ3v) is 3.33. The molecule has 0 N–H and O–H groups in total. The van der Waals surface area contributed by atoms with Crippen molar-refractivity contribution in [2.45, 2.75) is 6.42 Å². The summed E-state index contributed by atoms with van der Waals surface area (Å²) >= 11 is 0. The molecular weight excluding hydrogens is 294 g/mol. The maximum Gasteiger partial charge on any atom is 0.269 e. The molecule has 0 radical (unpaired) electrons. The number of carbonyl (C=O) groups excluding carboxylic acids is 1. The summed E-state index contributed by atoms with van der Waals surface area (Å²) in [5.41, 5.74) is 1.70. The first-order chi connectivity index (χ1) is 11.1. The number of carbonyl (C=O) groups is 1. The molecule has 0 aliphatic heterocycles. The highest BCUT2D eigenvalue weighted by Crippen LogP contribution is 2.12. The summed E-state index contributed by atoms with van der Waals surface area (Å²) in [5, 5.41) is 10.6. The number of non-ortho nitro benzene ring substituents is 1. The van der Waals surface area contributed by atoms with E-state index in [4.69, 9.17) is 0 Å². The van der Waals surface area contributed by atoms with Gasteiger partial charge in [-0.1, -0.05) is 6.07 Å². The van der Waals surface area contributed by atoms with Crippen molar-refractivity contribution in [1.82, 2.24) is 9.88 Å². The van der Waals surface area contributed by atoms with Crippen molar-refractivity contribution in [1.29, 1.82) is 0 Å². The van der Waals surface area contributed by atoms with Gasteiger partial charge in [0.25, 0.3) is 5.69 Å². The molecule has 1 aromatic carbocycles. The van der Waals surface area contributed by atoms with E-state index < -0.39 is 4.92 Å². The zero-order valence-corrected chi connectivity index (χ0v) is 12.8. The number of benzene rings is 1. The van der Waals surface area contributed by atoms with Crippen molar-refractivity contribution >= 4 is 17.7 Å². The van der Waals surface area contributed by atoms with Gasteiger partial charge in [-0.05, 0) is 35.9 Å². The molecular formula is C17H17N3O3. The number of nitro benzene ring substituents is 1. The van der Waals surface area contributed by atoms with Crippen molar-refractivity contribution in [2.24, 2.45) is 0 Å². The smallest absolute Gasteiger partial charge is 0.269 e. The summed E-state index contributed by atoms with van der Waals surface area (Å²) in [6, 6.07) is 11.7. The minimum Gasteiger partial charge on any atom is -0.342 e. The summed E-state index contributed by atoms with van der Waals surface area (Å²) in [6.07, 6.45) is 5.52. The monoisotopic (exact) mass is 311 g/mol. The van der Waals surface area contributed by atoms with E-state index in [-0.39, 0.29) is 11.6 Å². The molecule has 0 fully saturated rings. The molecule has 0 atom stereocenters. The molecule has 0 aliphatic rings. The number of nitro groups is 1. The summed E-state index contributed by atoms with van der Waals surface area (Å²) < 4.78 is 0. The number of rotatable bonds is 6. The molecule has 118 valence electrons. The van der Waals surface area contributed by atoms with Crippen LogP contribution in [0.1, 0.15) is 11.3 Å². The van der Waals surface area contributed by atoms with Crippen LogP contribution in [0.25, 0.3) is 6.08 Å². The van der Waals surface area contributed by atoms with Gasteiger partial charge in [-0.2, -0.15) is 0 Å². The molecule has 6 heteroatoms. The van der Waals surface area contributed by atoms with E-state index >= 15 is 0 Å². The maximum absolute atomic E-state index is 12.0. The number of hydrogen-bond acceptors (Lipinski definition) is 4. The Morgan fingerprint density at radius 1 is 1.26 bits per heavy atom. The van der Waals surface area contributed by atoms with Gasteiger partial charge in [-0.25, -0.2) is 0 Å². The normalized spacial score (nSPS) is 10.7. The van der Waals surface area contributed by atoms with E-state index in [9.17, 15) is 14.9 Å². The average molecular weight is 311 g/mol. The molecule has 6 nitrogen and oxygen atoms in total. The molecule has 0 bridgehead atoms. The van der Waals surface area contributed by atoms with E-state index in [0.717, 1.165) is 11.3 Å². The van der Waals surface area contributed by atoms with Crippen LogP contribution in [0.2, 0.25) is 0 Å². The summed E-state index contributed by atoms with van der Waals surface area (Å²) in [4.78, 5) is 28.0. The van der Waals surface area contributed by atoms with Crippen molar-refractivity contribution in [2.75, 3.05) is 13.6 Å². The Hall–Kier alpha value is -3.02.